The number of methoxy groups -OCH3 is 1. The third-order valence-electron chi connectivity index (χ3n) is 2.82. The van der Waals surface area contributed by atoms with Crippen LogP contribution in [0.5, 0.6) is 0 Å². The monoisotopic (exact) mass is 259 g/mol. The first kappa shape index (κ1) is 14.4. The molecule has 2 nitrogen and oxygen atoms in total. The molecule has 0 fully saturated rings. The van der Waals surface area contributed by atoms with Gasteiger partial charge in [-0.15, -0.1) is 0 Å². The van der Waals surface area contributed by atoms with Crippen LogP contribution < -0.4 is 5.73 Å². The number of ether oxygens (including phenoxy) is 1. The first-order chi connectivity index (χ1) is 8.08. The van der Waals surface area contributed by atoms with Crippen molar-refractivity contribution in [2.24, 2.45) is 5.73 Å². The Morgan fingerprint density at radius 3 is 2.71 bits per heavy atom. The van der Waals surface area contributed by atoms with Gasteiger partial charge in [0.2, 0.25) is 0 Å². The third kappa shape index (κ3) is 4.26. The van der Waals surface area contributed by atoms with Crippen molar-refractivity contribution in [3.8, 4) is 0 Å². The summed E-state index contributed by atoms with van der Waals surface area (Å²) < 4.78 is 18.2. The standard InChI is InChI=1S/C13H19ClFNO/c1-3-4-13(17-2)12(16)7-9-5-6-10(15)8-11(9)14/h5-6,8,12-13H,3-4,7,16H2,1-2H3. The lowest BCUT2D eigenvalue weighted by atomic mass is 9.99. The lowest BCUT2D eigenvalue weighted by Crippen LogP contribution is -2.38. The summed E-state index contributed by atoms with van der Waals surface area (Å²) >= 11 is 5.96. The van der Waals surface area contributed by atoms with E-state index in [0.29, 0.717) is 11.4 Å². The summed E-state index contributed by atoms with van der Waals surface area (Å²) in [5.74, 6) is -0.329. The van der Waals surface area contributed by atoms with Gasteiger partial charge in [-0.1, -0.05) is 31.0 Å². The summed E-state index contributed by atoms with van der Waals surface area (Å²) in [7, 11) is 1.66. The van der Waals surface area contributed by atoms with E-state index in [1.165, 1.54) is 12.1 Å². The first-order valence-corrected chi connectivity index (χ1v) is 6.18. The zero-order valence-corrected chi connectivity index (χ0v) is 11.0. The van der Waals surface area contributed by atoms with Crippen LogP contribution in [0.25, 0.3) is 0 Å². The van der Waals surface area contributed by atoms with Crippen LogP contribution in [-0.4, -0.2) is 19.3 Å². The molecule has 0 spiro atoms. The van der Waals surface area contributed by atoms with Crippen molar-refractivity contribution < 1.29 is 9.13 Å². The molecular weight excluding hydrogens is 241 g/mol. The van der Waals surface area contributed by atoms with Crippen molar-refractivity contribution in [2.45, 2.75) is 38.3 Å². The average molecular weight is 260 g/mol. The minimum atomic E-state index is -0.329. The maximum atomic E-state index is 12.9. The molecule has 0 amide bonds. The highest BCUT2D eigenvalue weighted by molar-refractivity contribution is 6.31. The summed E-state index contributed by atoms with van der Waals surface area (Å²) in [6.45, 7) is 2.09. The Balaban J connectivity index is 2.69. The van der Waals surface area contributed by atoms with Crippen molar-refractivity contribution in [2.75, 3.05) is 7.11 Å². The van der Waals surface area contributed by atoms with Crippen LogP contribution in [-0.2, 0) is 11.2 Å². The molecular formula is C13H19ClFNO. The van der Waals surface area contributed by atoms with Gasteiger partial charge < -0.3 is 10.5 Å². The number of hydrogen-bond donors (Lipinski definition) is 1. The molecule has 0 saturated carbocycles. The minimum absolute atomic E-state index is 0.0149. The lowest BCUT2D eigenvalue weighted by molar-refractivity contribution is 0.0727. The van der Waals surface area contributed by atoms with Crippen molar-refractivity contribution >= 4 is 11.6 Å². The Bertz CT molecular complexity index is 359. The molecule has 2 N–H and O–H groups in total. The summed E-state index contributed by atoms with van der Waals surface area (Å²) in [6, 6.07) is 4.26. The van der Waals surface area contributed by atoms with Gasteiger partial charge >= 0.3 is 0 Å². The Morgan fingerprint density at radius 2 is 2.18 bits per heavy atom. The Kier molecular flexibility index (Phi) is 5.89. The molecule has 0 aromatic heterocycles. The van der Waals surface area contributed by atoms with Crippen molar-refractivity contribution in [1.82, 2.24) is 0 Å². The molecule has 1 aromatic carbocycles. The molecule has 0 radical (unpaired) electrons. The van der Waals surface area contributed by atoms with Crippen LogP contribution in [0.15, 0.2) is 18.2 Å². The molecule has 1 aromatic rings. The quantitative estimate of drug-likeness (QED) is 0.852. The van der Waals surface area contributed by atoms with Crippen LogP contribution in [0.3, 0.4) is 0 Å². The largest absolute Gasteiger partial charge is 0.380 e. The molecule has 0 saturated heterocycles. The van der Waals surface area contributed by atoms with E-state index in [1.54, 1.807) is 13.2 Å². The SMILES string of the molecule is CCCC(OC)C(N)Cc1ccc(F)cc1Cl. The molecule has 2 unspecified atom stereocenters. The maximum absolute atomic E-state index is 12.9. The molecule has 4 heteroatoms. The van der Waals surface area contributed by atoms with Crippen molar-refractivity contribution in [3.05, 3.63) is 34.6 Å². The number of nitrogens with two attached hydrogens (primary N) is 1. The fourth-order valence-electron chi connectivity index (χ4n) is 1.86. The maximum Gasteiger partial charge on any atom is 0.124 e. The smallest absolute Gasteiger partial charge is 0.124 e. The van der Waals surface area contributed by atoms with Crippen LogP contribution in [0.2, 0.25) is 5.02 Å². The predicted octanol–water partition coefficient (Wildman–Crippen LogP) is 3.16. The van der Waals surface area contributed by atoms with E-state index in [9.17, 15) is 4.39 Å². The lowest BCUT2D eigenvalue weighted by Gasteiger charge is -2.22. The topological polar surface area (TPSA) is 35.2 Å². The second-order valence-electron chi connectivity index (χ2n) is 4.17. The van der Waals surface area contributed by atoms with E-state index < -0.39 is 0 Å². The van der Waals surface area contributed by atoms with Gasteiger partial charge in [0.05, 0.1) is 6.10 Å². The fraction of sp³-hybridized carbons (Fsp3) is 0.538. The average Bonchev–Trinajstić information content (AvgIpc) is 2.29. The van der Waals surface area contributed by atoms with Gasteiger partial charge in [-0.05, 0) is 30.5 Å². The Labute approximate surface area is 107 Å². The second-order valence-corrected chi connectivity index (χ2v) is 4.57. The first-order valence-electron chi connectivity index (χ1n) is 5.80. The van der Waals surface area contributed by atoms with Crippen LogP contribution in [0.4, 0.5) is 4.39 Å². The summed E-state index contributed by atoms with van der Waals surface area (Å²) in [5.41, 5.74) is 6.94. The van der Waals surface area contributed by atoms with Gasteiger partial charge in [0, 0.05) is 18.2 Å². The number of benzene rings is 1. The van der Waals surface area contributed by atoms with Crippen molar-refractivity contribution in [1.29, 1.82) is 0 Å². The van der Waals surface area contributed by atoms with Crippen molar-refractivity contribution in [3.63, 3.8) is 0 Å². The molecule has 0 aliphatic heterocycles. The van der Waals surface area contributed by atoms with Gasteiger partial charge in [0.25, 0.3) is 0 Å². The zero-order chi connectivity index (χ0) is 12.8. The van der Waals surface area contributed by atoms with Gasteiger partial charge in [-0.25, -0.2) is 4.39 Å². The summed E-state index contributed by atoms with van der Waals surface area (Å²) in [5, 5.41) is 0.423. The van der Waals surface area contributed by atoms with E-state index in [1.807, 2.05) is 0 Å². The molecule has 0 bridgehead atoms. The second kappa shape index (κ2) is 6.94. The zero-order valence-electron chi connectivity index (χ0n) is 10.2. The Hall–Kier alpha value is -0.640. The highest BCUT2D eigenvalue weighted by atomic mass is 35.5. The molecule has 17 heavy (non-hydrogen) atoms. The van der Waals surface area contributed by atoms with Gasteiger partial charge in [0.1, 0.15) is 5.82 Å². The van der Waals surface area contributed by atoms with Gasteiger partial charge in [-0.3, -0.25) is 0 Å². The number of halogens is 2. The number of rotatable bonds is 6. The summed E-state index contributed by atoms with van der Waals surface area (Å²) in [6.07, 6.45) is 2.54. The normalized spacial score (nSPS) is 14.6. The van der Waals surface area contributed by atoms with Gasteiger partial charge in [0.15, 0.2) is 0 Å². The third-order valence-corrected chi connectivity index (χ3v) is 3.18. The molecule has 96 valence electrons. The summed E-state index contributed by atoms with van der Waals surface area (Å²) in [4.78, 5) is 0. The van der Waals surface area contributed by atoms with E-state index in [4.69, 9.17) is 22.1 Å². The molecule has 2 atom stereocenters. The minimum Gasteiger partial charge on any atom is -0.380 e. The Morgan fingerprint density at radius 1 is 1.47 bits per heavy atom. The molecule has 1 rings (SSSR count). The van der Waals surface area contributed by atoms with E-state index in [0.717, 1.165) is 18.4 Å². The van der Waals surface area contributed by atoms with E-state index in [-0.39, 0.29) is 18.0 Å². The highest BCUT2D eigenvalue weighted by Crippen LogP contribution is 2.20. The van der Waals surface area contributed by atoms with Crippen LogP contribution in [0.1, 0.15) is 25.3 Å². The number of hydrogen-bond acceptors (Lipinski definition) is 2. The van der Waals surface area contributed by atoms with Crippen LogP contribution in [0, 0.1) is 5.82 Å². The van der Waals surface area contributed by atoms with Gasteiger partial charge in [-0.2, -0.15) is 0 Å². The van der Waals surface area contributed by atoms with E-state index >= 15 is 0 Å². The molecule has 0 aliphatic carbocycles. The highest BCUT2D eigenvalue weighted by Gasteiger charge is 2.17. The molecule has 0 heterocycles. The molecule has 0 aliphatic rings. The van der Waals surface area contributed by atoms with Crippen LogP contribution >= 0.6 is 11.6 Å². The van der Waals surface area contributed by atoms with E-state index in [2.05, 4.69) is 6.92 Å². The predicted molar refractivity (Wildman–Crippen MR) is 68.8 cm³/mol. The fourth-order valence-corrected chi connectivity index (χ4v) is 2.11.